The van der Waals surface area contributed by atoms with E-state index in [0.29, 0.717) is 17.9 Å². The first-order valence-corrected chi connectivity index (χ1v) is 9.51. The number of aliphatic hydroxyl groups excluding tert-OH is 1. The van der Waals surface area contributed by atoms with E-state index >= 15 is 0 Å². The Kier molecular flexibility index (Phi) is 6.32. The van der Waals surface area contributed by atoms with Crippen LogP contribution < -0.4 is 10.6 Å². The van der Waals surface area contributed by atoms with E-state index in [-0.39, 0.29) is 12.6 Å². The first-order valence-electron chi connectivity index (χ1n) is 9.51. The number of rotatable bonds is 8. The maximum absolute atomic E-state index is 9.79. The molecule has 144 valence electrons. The Labute approximate surface area is 160 Å². The minimum absolute atomic E-state index is 0.00109. The highest BCUT2D eigenvalue weighted by Gasteiger charge is 2.25. The Morgan fingerprint density at radius 2 is 2.22 bits per heavy atom. The van der Waals surface area contributed by atoms with E-state index in [9.17, 15) is 10.4 Å². The van der Waals surface area contributed by atoms with Crippen LogP contribution >= 0.6 is 0 Å². The summed E-state index contributed by atoms with van der Waals surface area (Å²) in [4.78, 5) is 7.08. The van der Waals surface area contributed by atoms with Gasteiger partial charge in [0, 0.05) is 18.7 Å². The lowest BCUT2D eigenvalue weighted by Crippen LogP contribution is -2.32. The SMILES string of the molecule is CC[C@H](CO)Nc1nc(NCc2ccco2)c2c(c1C#N)CCN(CC)C2. The van der Waals surface area contributed by atoms with E-state index in [0.717, 1.165) is 55.2 Å². The van der Waals surface area contributed by atoms with Gasteiger partial charge < -0.3 is 20.2 Å². The number of pyridine rings is 1. The Morgan fingerprint density at radius 1 is 1.37 bits per heavy atom. The molecule has 1 aliphatic rings. The largest absolute Gasteiger partial charge is 0.467 e. The highest BCUT2D eigenvalue weighted by Crippen LogP contribution is 2.32. The van der Waals surface area contributed by atoms with E-state index in [1.165, 1.54) is 0 Å². The van der Waals surface area contributed by atoms with Crippen LogP contribution in [0.2, 0.25) is 0 Å². The van der Waals surface area contributed by atoms with Crippen molar-refractivity contribution in [2.75, 3.05) is 30.3 Å². The molecule has 0 radical (unpaired) electrons. The number of aromatic nitrogens is 1. The minimum Gasteiger partial charge on any atom is -0.467 e. The quantitative estimate of drug-likeness (QED) is 0.658. The Morgan fingerprint density at radius 3 is 2.85 bits per heavy atom. The van der Waals surface area contributed by atoms with Crippen molar-refractivity contribution < 1.29 is 9.52 Å². The van der Waals surface area contributed by atoms with Crippen LogP contribution in [0, 0.1) is 11.3 Å². The molecule has 7 nitrogen and oxygen atoms in total. The standard InChI is InChI=1S/C20H27N5O2/c1-3-14(13-26)23-20-17(10-21)16-7-8-25(4-2)12-18(16)19(24-20)22-11-15-6-5-9-27-15/h5-6,9,14,26H,3-4,7-8,11-13H2,1-2H3,(H2,22,23,24)/t14-/m1/s1. The van der Waals surface area contributed by atoms with Gasteiger partial charge in [-0.25, -0.2) is 4.98 Å². The van der Waals surface area contributed by atoms with Gasteiger partial charge in [-0.1, -0.05) is 13.8 Å². The van der Waals surface area contributed by atoms with Crippen molar-refractivity contribution in [3.8, 4) is 6.07 Å². The number of anilines is 2. The number of hydrogen-bond acceptors (Lipinski definition) is 7. The van der Waals surface area contributed by atoms with Gasteiger partial charge in [0.15, 0.2) is 0 Å². The summed E-state index contributed by atoms with van der Waals surface area (Å²) >= 11 is 0. The Bertz CT molecular complexity index is 794. The summed E-state index contributed by atoms with van der Waals surface area (Å²) in [5.41, 5.74) is 2.72. The molecule has 3 N–H and O–H groups in total. The van der Waals surface area contributed by atoms with E-state index < -0.39 is 0 Å². The molecule has 0 spiro atoms. The lowest BCUT2D eigenvalue weighted by atomic mass is 9.95. The number of hydrogen-bond donors (Lipinski definition) is 3. The molecular formula is C20H27N5O2. The predicted molar refractivity (Wildman–Crippen MR) is 104 cm³/mol. The predicted octanol–water partition coefficient (Wildman–Crippen LogP) is 2.72. The molecule has 7 heteroatoms. The van der Waals surface area contributed by atoms with Crippen molar-refractivity contribution in [1.82, 2.24) is 9.88 Å². The summed E-state index contributed by atoms with van der Waals surface area (Å²) in [5, 5.41) is 26.0. The zero-order valence-corrected chi connectivity index (χ0v) is 16.0. The van der Waals surface area contributed by atoms with E-state index in [1.54, 1.807) is 6.26 Å². The second kappa shape index (κ2) is 8.89. The molecule has 0 fully saturated rings. The fraction of sp³-hybridized carbons (Fsp3) is 0.500. The van der Waals surface area contributed by atoms with Crippen molar-refractivity contribution in [3.63, 3.8) is 0 Å². The lowest BCUT2D eigenvalue weighted by molar-refractivity contribution is 0.267. The van der Waals surface area contributed by atoms with Gasteiger partial charge in [-0.2, -0.15) is 5.26 Å². The molecule has 0 unspecified atom stereocenters. The minimum atomic E-state index is -0.128. The highest BCUT2D eigenvalue weighted by molar-refractivity contribution is 5.66. The van der Waals surface area contributed by atoms with Crippen LogP contribution in [0.4, 0.5) is 11.6 Å². The molecular weight excluding hydrogens is 342 g/mol. The van der Waals surface area contributed by atoms with Gasteiger partial charge in [-0.15, -0.1) is 0 Å². The van der Waals surface area contributed by atoms with Gasteiger partial charge >= 0.3 is 0 Å². The second-order valence-corrected chi connectivity index (χ2v) is 6.74. The summed E-state index contributed by atoms with van der Waals surface area (Å²) < 4.78 is 5.41. The summed E-state index contributed by atoms with van der Waals surface area (Å²) in [6.45, 7) is 7.32. The van der Waals surface area contributed by atoms with Crippen LogP contribution in [0.3, 0.4) is 0 Å². The number of likely N-dealkylation sites (N-methyl/N-ethyl adjacent to an activating group) is 1. The number of nitrogens with zero attached hydrogens (tertiary/aromatic N) is 3. The fourth-order valence-corrected chi connectivity index (χ4v) is 3.39. The van der Waals surface area contributed by atoms with Gasteiger partial charge in [0.25, 0.3) is 0 Å². The molecule has 1 aliphatic heterocycles. The van der Waals surface area contributed by atoms with E-state index in [2.05, 4.69) is 28.5 Å². The van der Waals surface area contributed by atoms with Crippen LogP contribution in [-0.2, 0) is 19.5 Å². The third kappa shape index (κ3) is 4.24. The normalized spacial score (nSPS) is 15.0. The first-order chi connectivity index (χ1) is 13.2. The average Bonchev–Trinajstić information content (AvgIpc) is 3.23. The molecule has 27 heavy (non-hydrogen) atoms. The molecule has 0 amide bonds. The molecule has 0 saturated heterocycles. The molecule has 2 aromatic heterocycles. The summed E-state index contributed by atoms with van der Waals surface area (Å²) in [6.07, 6.45) is 3.21. The second-order valence-electron chi connectivity index (χ2n) is 6.74. The van der Waals surface area contributed by atoms with Crippen LogP contribution in [0.25, 0.3) is 0 Å². The smallest absolute Gasteiger partial charge is 0.146 e. The van der Waals surface area contributed by atoms with E-state index in [4.69, 9.17) is 9.40 Å². The van der Waals surface area contributed by atoms with Crippen molar-refractivity contribution in [2.24, 2.45) is 0 Å². The molecule has 0 aliphatic carbocycles. The summed E-state index contributed by atoms with van der Waals surface area (Å²) in [5.74, 6) is 2.15. The molecule has 0 bridgehead atoms. The molecule has 3 rings (SSSR count). The van der Waals surface area contributed by atoms with Gasteiger partial charge in [-0.05, 0) is 37.1 Å². The van der Waals surface area contributed by atoms with Crippen LogP contribution in [-0.4, -0.2) is 40.7 Å². The highest BCUT2D eigenvalue weighted by atomic mass is 16.3. The van der Waals surface area contributed by atoms with Gasteiger partial charge in [0.05, 0.1) is 31.0 Å². The van der Waals surface area contributed by atoms with Crippen molar-refractivity contribution in [1.29, 1.82) is 5.26 Å². The van der Waals surface area contributed by atoms with Gasteiger partial charge in [-0.3, -0.25) is 4.90 Å². The first kappa shape index (κ1) is 19.2. The maximum Gasteiger partial charge on any atom is 0.146 e. The topological polar surface area (TPSA) is 97.3 Å². The molecule has 0 saturated carbocycles. The third-order valence-corrected chi connectivity index (χ3v) is 5.10. The molecule has 0 aromatic carbocycles. The molecule has 3 heterocycles. The number of nitriles is 1. The van der Waals surface area contributed by atoms with Crippen molar-refractivity contribution in [3.05, 3.63) is 40.8 Å². The summed E-state index contributed by atoms with van der Waals surface area (Å²) in [6, 6.07) is 5.98. The maximum atomic E-state index is 9.79. The van der Waals surface area contributed by atoms with Crippen LogP contribution in [0.5, 0.6) is 0 Å². The zero-order valence-electron chi connectivity index (χ0n) is 16.0. The van der Waals surface area contributed by atoms with Gasteiger partial charge in [0.2, 0.25) is 0 Å². The van der Waals surface area contributed by atoms with Crippen molar-refractivity contribution >= 4 is 11.6 Å². The molecule has 1 atom stereocenters. The average molecular weight is 369 g/mol. The van der Waals surface area contributed by atoms with Crippen molar-refractivity contribution in [2.45, 2.75) is 45.8 Å². The lowest BCUT2D eigenvalue weighted by Gasteiger charge is -2.30. The number of aliphatic hydroxyl groups is 1. The third-order valence-electron chi connectivity index (χ3n) is 5.10. The zero-order chi connectivity index (χ0) is 19.2. The van der Waals surface area contributed by atoms with Crippen LogP contribution in [0.1, 0.15) is 42.7 Å². The number of fused-ring (bicyclic) bond motifs is 1. The Balaban J connectivity index is 1.99. The fourth-order valence-electron chi connectivity index (χ4n) is 3.39. The van der Waals surface area contributed by atoms with Gasteiger partial charge in [0.1, 0.15) is 23.5 Å². The summed E-state index contributed by atoms with van der Waals surface area (Å²) in [7, 11) is 0. The number of furan rings is 1. The number of nitrogens with one attached hydrogen (secondary N) is 2. The van der Waals surface area contributed by atoms with Crippen LogP contribution in [0.15, 0.2) is 22.8 Å². The van der Waals surface area contributed by atoms with E-state index in [1.807, 2.05) is 19.1 Å². The molecule has 2 aromatic rings. The monoisotopic (exact) mass is 369 g/mol. The Hall–Kier alpha value is -2.56.